The predicted octanol–water partition coefficient (Wildman–Crippen LogP) is 2.76. The van der Waals surface area contributed by atoms with Crippen LogP contribution in [0.1, 0.15) is 15.0 Å². The van der Waals surface area contributed by atoms with Gasteiger partial charge in [-0.3, -0.25) is 4.79 Å². The quantitative estimate of drug-likeness (QED) is 0.657. The van der Waals surface area contributed by atoms with Gasteiger partial charge in [-0.1, -0.05) is 0 Å². The number of imidazole rings is 1. The molecule has 0 aliphatic carbocycles. The van der Waals surface area contributed by atoms with E-state index in [1.165, 1.54) is 0 Å². The third-order valence-corrected chi connectivity index (χ3v) is 5.37. The number of hydrogen-bond acceptors (Lipinski definition) is 8. The van der Waals surface area contributed by atoms with Gasteiger partial charge in [0.05, 0.1) is 37.6 Å². The maximum absolute atomic E-state index is 12.4. The summed E-state index contributed by atoms with van der Waals surface area (Å²) in [5, 5.41) is 6.12. The third-order valence-electron chi connectivity index (χ3n) is 5.37. The summed E-state index contributed by atoms with van der Waals surface area (Å²) < 4.78 is 13.1. The maximum atomic E-state index is 12.4. The van der Waals surface area contributed by atoms with Gasteiger partial charge < -0.3 is 29.6 Å². The number of rotatable bonds is 4. The fraction of sp³-hybridized carbons (Fsp3) is 0.333. The minimum atomic E-state index is -0.379. The van der Waals surface area contributed by atoms with Crippen molar-refractivity contribution in [3.8, 4) is 11.4 Å². The second kappa shape index (κ2) is 7.88. The Morgan fingerprint density at radius 2 is 2.26 bits per heavy atom. The largest absolute Gasteiger partial charge is 0.494 e. The Morgan fingerprint density at radius 3 is 3.06 bits per heavy atom. The highest BCUT2D eigenvalue weighted by Gasteiger charge is 2.35. The number of nitrogens with one attached hydrogen (secondary N) is 2. The summed E-state index contributed by atoms with van der Waals surface area (Å²) in [6.07, 6.45) is 6.16. The lowest BCUT2D eigenvalue weighted by atomic mass is 10.1. The van der Waals surface area contributed by atoms with Crippen LogP contribution in [0.3, 0.4) is 0 Å². The van der Waals surface area contributed by atoms with Crippen molar-refractivity contribution < 1.29 is 17.1 Å². The smallest absolute Gasteiger partial charge is 0.249 e. The first-order chi connectivity index (χ1) is 15.1. The van der Waals surface area contributed by atoms with Crippen LogP contribution in [0.4, 0.5) is 23.1 Å². The molecule has 31 heavy (non-hydrogen) atoms. The molecule has 2 aliphatic heterocycles. The highest BCUT2D eigenvalue weighted by Crippen LogP contribution is 2.33. The highest BCUT2D eigenvalue weighted by molar-refractivity contribution is 6.02. The van der Waals surface area contributed by atoms with E-state index in [1.54, 1.807) is 19.6 Å². The lowest BCUT2D eigenvalue weighted by molar-refractivity contribution is -0.118. The Bertz CT molecular complexity index is 1140. The molecule has 10 heteroatoms. The molecule has 0 spiro atoms. The summed E-state index contributed by atoms with van der Waals surface area (Å²) in [5.41, 5.74) is 3.20. The van der Waals surface area contributed by atoms with Crippen LogP contribution in [-0.4, -0.2) is 58.3 Å². The second-order valence-corrected chi connectivity index (χ2v) is 7.49. The Labute approximate surface area is 182 Å². The van der Waals surface area contributed by atoms with E-state index in [2.05, 4.69) is 25.6 Å². The van der Waals surface area contributed by atoms with Gasteiger partial charge in [-0.15, -0.1) is 0 Å². The molecular weight excluding hydrogens is 398 g/mol. The van der Waals surface area contributed by atoms with E-state index in [1.807, 2.05) is 40.8 Å². The lowest BCUT2D eigenvalue weighted by Gasteiger charge is -2.34. The van der Waals surface area contributed by atoms with Gasteiger partial charge in [0.15, 0.2) is 5.82 Å². The number of carbonyl (C=O) groups is 1. The molecule has 1 fully saturated rings. The number of aryl methyl sites for hydroxylation is 1. The molecule has 1 unspecified atom stereocenters. The first kappa shape index (κ1) is 19.3. The van der Waals surface area contributed by atoms with Crippen molar-refractivity contribution in [2.45, 2.75) is 19.4 Å². The molecule has 2 aliphatic rings. The first-order valence-electron chi connectivity index (χ1n) is 10.1. The van der Waals surface area contributed by atoms with Crippen molar-refractivity contribution in [2.75, 3.05) is 42.4 Å². The highest BCUT2D eigenvalue weighted by atomic mass is 16.5. The van der Waals surface area contributed by atoms with E-state index >= 15 is 0 Å². The van der Waals surface area contributed by atoms with Gasteiger partial charge in [-0.05, 0) is 25.5 Å². The van der Waals surface area contributed by atoms with E-state index < -0.39 is 0 Å². The van der Waals surface area contributed by atoms with Crippen molar-refractivity contribution >= 4 is 29.0 Å². The zero-order valence-electron chi connectivity index (χ0n) is 17.3. The van der Waals surface area contributed by atoms with Gasteiger partial charge in [-0.2, -0.15) is 4.98 Å². The van der Waals surface area contributed by atoms with E-state index in [4.69, 9.17) is 9.47 Å². The Hall–Kier alpha value is -3.66. The second-order valence-electron chi connectivity index (χ2n) is 7.49. The fourth-order valence-electron chi connectivity index (χ4n) is 3.86. The summed E-state index contributed by atoms with van der Waals surface area (Å²) in [5.74, 6) is 1.74. The van der Waals surface area contributed by atoms with E-state index in [-0.39, 0.29) is 14.8 Å². The van der Waals surface area contributed by atoms with Gasteiger partial charge in [-0.25, -0.2) is 9.97 Å². The van der Waals surface area contributed by atoms with Crippen LogP contribution in [-0.2, 0) is 9.53 Å². The van der Waals surface area contributed by atoms with Gasteiger partial charge >= 0.3 is 0 Å². The van der Waals surface area contributed by atoms with E-state index in [0.717, 1.165) is 23.5 Å². The van der Waals surface area contributed by atoms with Gasteiger partial charge in [0, 0.05) is 34.0 Å². The van der Waals surface area contributed by atoms with Crippen molar-refractivity contribution in [2.24, 2.45) is 0 Å². The normalized spacial score (nSPS) is 17.9. The Balaban J connectivity index is 0.00000153. The summed E-state index contributed by atoms with van der Waals surface area (Å²) in [7, 11) is 1.63. The summed E-state index contributed by atoms with van der Waals surface area (Å²) >= 11 is 0. The minimum Gasteiger partial charge on any atom is -0.494 e. The van der Waals surface area contributed by atoms with Crippen molar-refractivity contribution in [1.82, 2.24) is 19.5 Å². The molecule has 1 atom stereocenters. The topological polar surface area (TPSA) is 106 Å². The molecule has 0 radical (unpaired) electrons. The molecule has 2 N–H and O–H groups in total. The monoisotopic (exact) mass is 425 g/mol. The minimum absolute atomic E-state index is 0. The predicted molar refractivity (Wildman–Crippen MR) is 120 cm³/mol. The zero-order chi connectivity index (χ0) is 21.4. The number of anilines is 4. The summed E-state index contributed by atoms with van der Waals surface area (Å²) in [6.45, 7) is 3.63. The SMILES string of the molecule is COc1cc(Nc2ncc3c(n2)N2CCCOCC2C(=O)N3)ccc1-n1cnc(C)c1.[HH].[HH]. The maximum Gasteiger partial charge on any atom is 0.249 e. The number of fused-ring (bicyclic) bond motifs is 3. The molecule has 164 valence electrons. The molecule has 4 heterocycles. The van der Waals surface area contributed by atoms with Crippen molar-refractivity contribution in [3.63, 3.8) is 0 Å². The number of aromatic nitrogens is 4. The van der Waals surface area contributed by atoms with Gasteiger partial charge in [0.2, 0.25) is 11.9 Å². The number of methoxy groups -OCH3 is 1. The number of benzene rings is 1. The average molecular weight is 425 g/mol. The van der Waals surface area contributed by atoms with Gasteiger partial charge in [0.25, 0.3) is 0 Å². The molecule has 1 aromatic carbocycles. The van der Waals surface area contributed by atoms with Crippen LogP contribution < -0.4 is 20.3 Å². The van der Waals surface area contributed by atoms with Crippen molar-refractivity contribution in [1.29, 1.82) is 0 Å². The molecule has 1 saturated heterocycles. The number of nitrogens with zero attached hydrogens (tertiary/aromatic N) is 5. The molecular formula is C21H27N7O3. The van der Waals surface area contributed by atoms with E-state index in [0.29, 0.717) is 43.0 Å². The summed E-state index contributed by atoms with van der Waals surface area (Å²) in [6, 6.07) is 5.39. The number of ether oxygens (including phenoxy) is 2. The van der Waals surface area contributed by atoms with Crippen LogP contribution in [0.2, 0.25) is 0 Å². The van der Waals surface area contributed by atoms with Gasteiger partial charge in [0.1, 0.15) is 17.5 Å². The Morgan fingerprint density at radius 1 is 1.35 bits per heavy atom. The van der Waals surface area contributed by atoms with Crippen LogP contribution in [0.15, 0.2) is 36.9 Å². The zero-order valence-corrected chi connectivity index (χ0v) is 17.3. The molecule has 3 aromatic rings. The lowest BCUT2D eigenvalue weighted by Crippen LogP contribution is -2.50. The fourth-order valence-corrected chi connectivity index (χ4v) is 3.86. The van der Waals surface area contributed by atoms with Crippen LogP contribution >= 0.6 is 0 Å². The third kappa shape index (κ3) is 3.66. The van der Waals surface area contributed by atoms with Crippen LogP contribution in [0.25, 0.3) is 5.69 Å². The molecule has 0 saturated carbocycles. The van der Waals surface area contributed by atoms with E-state index in [9.17, 15) is 4.79 Å². The molecule has 10 nitrogen and oxygen atoms in total. The van der Waals surface area contributed by atoms with Crippen LogP contribution in [0.5, 0.6) is 5.75 Å². The number of amides is 1. The Kier molecular flexibility index (Phi) is 4.91. The number of hydrogen-bond donors (Lipinski definition) is 2. The average Bonchev–Trinajstić information content (AvgIpc) is 3.05. The molecule has 0 bridgehead atoms. The standard InChI is InChI=1S/C21H23N7O3.2H2/c1-13-10-27(12-23-13)16-5-4-14(8-18(16)30-2)24-21-22-9-15-19(26-21)28-6-3-7-31-11-17(28)20(29)25-15;;/h4-5,8-10,12,17H,3,6-7,11H2,1-2H3,(H,25,29)(H,22,24,26);2*1H. The summed E-state index contributed by atoms with van der Waals surface area (Å²) in [4.78, 5) is 27.7. The number of carbonyl (C=O) groups excluding carboxylic acids is 1. The van der Waals surface area contributed by atoms with Crippen LogP contribution in [0, 0.1) is 6.92 Å². The molecule has 5 rings (SSSR count). The first-order valence-corrected chi connectivity index (χ1v) is 10.1. The van der Waals surface area contributed by atoms with Crippen molar-refractivity contribution in [3.05, 3.63) is 42.6 Å². The molecule has 2 aromatic heterocycles. The molecule has 1 amide bonds.